The van der Waals surface area contributed by atoms with Crippen LogP contribution in [0.25, 0.3) is 0 Å². The van der Waals surface area contributed by atoms with E-state index in [1.807, 2.05) is 6.92 Å². The monoisotopic (exact) mass is 571 g/mol. The third kappa shape index (κ3) is 8.70. The highest BCUT2D eigenvalue weighted by molar-refractivity contribution is 14.0. The molecule has 0 radical (unpaired) electrons. The summed E-state index contributed by atoms with van der Waals surface area (Å²) in [5.41, 5.74) is -0.457. The van der Waals surface area contributed by atoms with Crippen molar-refractivity contribution in [1.82, 2.24) is 10.6 Å². The Labute approximate surface area is 206 Å². The summed E-state index contributed by atoms with van der Waals surface area (Å²) in [6.07, 6.45) is -0.341. The predicted molar refractivity (Wildman–Crippen MR) is 133 cm³/mol. The number of halogens is 4. The van der Waals surface area contributed by atoms with Crippen molar-refractivity contribution in [1.29, 1.82) is 0 Å². The summed E-state index contributed by atoms with van der Waals surface area (Å²) in [5, 5.41) is 15.9. The summed E-state index contributed by atoms with van der Waals surface area (Å²) in [4.78, 5) is 4.76. The van der Waals surface area contributed by atoms with Crippen molar-refractivity contribution in [2.24, 2.45) is 10.9 Å². The largest absolute Gasteiger partial charge is 0.416 e. The first-order valence-electron chi connectivity index (χ1n) is 11.2. The van der Waals surface area contributed by atoms with Crippen LogP contribution in [0.5, 0.6) is 0 Å². The number of aliphatic hydroxyl groups excluding tert-OH is 1. The van der Waals surface area contributed by atoms with Gasteiger partial charge in [0.2, 0.25) is 0 Å². The molecule has 32 heavy (non-hydrogen) atoms. The lowest BCUT2D eigenvalue weighted by atomic mass is 9.74. The van der Waals surface area contributed by atoms with Gasteiger partial charge in [-0.25, -0.2) is 0 Å². The van der Waals surface area contributed by atoms with Crippen LogP contribution >= 0.6 is 24.0 Å². The minimum atomic E-state index is -4.37. The van der Waals surface area contributed by atoms with E-state index in [1.54, 1.807) is 6.07 Å². The molecule has 1 saturated heterocycles. The topological polar surface area (TPSA) is 65.9 Å². The number of benzene rings is 1. The molecule has 3 N–H and O–H groups in total. The van der Waals surface area contributed by atoms with Gasteiger partial charge in [0.25, 0.3) is 0 Å². The van der Waals surface area contributed by atoms with Crippen molar-refractivity contribution >= 4 is 29.9 Å². The van der Waals surface area contributed by atoms with Gasteiger partial charge in [-0.3, -0.25) is 4.99 Å². The molecule has 1 heterocycles. The van der Waals surface area contributed by atoms with Gasteiger partial charge in [0.15, 0.2) is 5.96 Å². The van der Waals surface area contributed by atoms with Gasteiger partial charge < -0.3 is 20.5 Å². The zero-order chi connectivity index (χ0) is 22.7. The predicted octanol–water partition coefficient (Wildman–Crippen LogP) is 4.73. The van der Waals surface area contributed by atoms with Gasteiger partial charge in [-0.05, 0) is 50.2 Å². The Bertz CT molecular complexity index is 689. The Kier molecular flexibility index (Phi) is 12.9. The van der Waals surface area contributed by atoms with Gasteiger partial charge in [0.1, 0.15) is 0 Å². The molecule has 0 aliphatic carbocycles. The fraction of sp³-hybridized carbons (Fsp3) is 0.696. The Morgan fingerprint density at radius 3 is 2.50 bits per heavy atom. The van der Waals surface area contributed by atoms with Crippen LogP contribution in [0.3, 0.4) is 0 Å². The Morgan fingerprint density at radius 2 is 1.91 bits per heavy atom. The van der Waals surface area contributed by atoms with Crippen LogP contribution in [-0.2, 0) is 16.3 Å². The van der Waals surface area contributed by atoms with Crippen LogP contribution in [-0.4, -0.2) is 50.5 Å². The maximum atomic E-state index is 13.3. The Hall–Kier alpha value is -1.07. The molecular weight excluding hydrogens is 534 g/mol. The molecule has 2 rings (SSSR count). The van der Waals surface area contributed by atoms with E-state index in [0.717, 1.165) is 25.3 Å². The van der Waals surface area contributed by atoms with Crippen LogP contribution in [0.1, 0.15) is 57.1 Å². The van der Waals surface area contributed by atoms with Gasteiger partial charge in [0.05, 0.1) is 12.1 Å². The third-order valence-corrected chi connectivity index (χ3v) is 5.93. The minimum Gasteiger partial charge on any atom is -0.396 e. The molecule has 0 aromatic heterocycles. The number of alkyl halides is 3. The molecule has 1 aromatic carbocycles. The van der Waals surface area contributed by atoms with E-state index < -0.39 is 17.2 Å². The molecule has 1 aromatic rings. The summed E-state index contributed by atoms with van der Waals surface area (Å²) in [6, 6.07) is 5.63. The van der Waals surface area contributed by atoms with Crippen LogP contribution in [0.2, 0.25) is 0 Å². The van der Waals surface area contributed by atoms with E-state index in [0.29, 0.717) is 63.1 Å². The number of rotatable bonds is 10. The molecule has 0 spiro atoms. The molecule has 1 fully saturated rings. The second kappa shape index (κ2) is 14.2. The van der Waals surface area contributed by atoms with Crippen molar-refractivity contribution in [3.8, 4) is 0 Å². The van der Waals surface area contributed by atoms with Crippen molar-refractivity contribution in [2.45, 2.75) is 57.5 Å². The number of hydrogen-bond acceptors (Lipinski definition) is 3. The van der Waals surface area contributed by atoms with Gasteiger partial charge in [-0.1, -0.05) is 31.5 Å². The number of guanidine groups is 1. The van der Waals surface area contributed by atoms with Crippen LogP contribution < -0.4 is 10.6 Å². The fourth-order valence-corrected chi connectivity index (χ4v) is 4.08. The molecule has 184 valence electrons. The first kappa shape index (κ1) is 29.0. The van der Waals surface area contributed by atoms with E-state index in [9.17, 15) is 18.3 Å². The second-order valence-corrected chi connectivity index (χ2v) is 8.21. The lowest BCUT2D eigenvalue weighted by Crippen LogP contribution is -2.42. The van der Waals surface area contributed by atoms with Gasteiger partial charge in [0, 0.05) is 38.3 Å². The van der Waals surface area contributed by atoms with Crippen LogP contribution in [0, 0.1) is 5.92 Å². The van der Waals surface area contributed by atoms with Gasteiger partial charge >= 0.3 is 6.18 Å². The lowest BCUT2D eigenvalue weighted by molar-refractivity contribution is -0.137. The maximum Gasteiger partial charge on any atom is 0.416 e. The van der Waals surface area contributed by atoms with E-state index >= 15 is 0 Å². The molecule has 1 aliphatic heterocycles. The molecular formula is C23H37F3IN3O2. The summed E-state index contributed by atoms with van der Waals surface area (Å²) >= 11 is 0. The van der Waals surface area contributed by atoms with Crippen molar-refractivity contribution in [2.75, 3.05) is 39.5 Å². The zero-order valence-electron chi connectivity index (χ0n) is 19.0. The highest BCUT2D eigenvalue weighted by atomic mass is 127. The fourth-order valence-electron chi connectivity index (χ4n) is 4.08. The van der Waals surface area contributed by atoms with Crippen molar-refractivity contribution < 1.29 is 23.0 Å². The first-order valence-corrected chi connectivity index (χ1v) is 11.2. The summed E-state index contributed by atoms with van der Waals surface area (Å²) in [7, 11) is 0. The Morgan fingerprint density at radius 1 is 1.19 bits per heavy atom. The van der Waals surface area contributed by atoms with Crippen LogP contribution in [0.15, 0.2) is 29.3 Å². The number of hydrogen-bond donors (Lipinski definition) is 3. The summed E-state index contributed by atoms with van der Waals surface area (Å²) in [6.45, 7) is 7.02. The highest BCUT2D eigenvalue weighted by Gasteiger charge is 2.37. The van der Waals surface area contributed by atoms with E-state index in [2.05, 4.69) is 17.6 Å². The van der Waals surface area contributed by atoms with E-state index in [-0.39, 0.29) is 30.6 Å². The quantitative estimate of drug-likeness (QED) is 0.216. The lowest BCUT2D eigenvalue weighted by Gasteiger charge is -2.37. The number of nitrogens with one attached hydrogen (secondary N) is 2. The smallest absolute Gasteiger partial charge is 0.396 e. The summed E-state index contributed by atoms with van der Waals surface area (Å²) in [5.74, 6) is 0.999. The first-order chi connectivity index (χ1) is 14.8. The van der Waals surface area contributed by atoms with Crippen molar-refractivity contribution in [3.05, 3.63) is 35.4 Å². The molecule has 0 saturated carbocycles. The van der Waals surface area contributed by atoms with Crippen molar-refractivity contribution in [3.63, 3.8) is 0 Å². The number of ether oxygens (including phenoxy) is 1. The maximum absolute atomic E-state index is 13.3. The number of aliphatic hydroxyl groups is 1. The van der Waals surface area contributed by atoms with E-state index in [1.165, 1.54) is 12.1 Å². The minimum absolute atomic E-state index is 0. The molecule has 0 amide bonds. The highest BCUT2D eigenvalue weighted by Crippen LogP contribution is 2.38. The third-order valence-electron chi connectivity index (χ3n) is 5.93. The molecule has 1 unspecified atom stereocenters. The normalized spacial score (nSPS) is 17.4. The molecule has 5 nitrogen and oxygen atoms in total. The average Bonchev–Trinajstić information content (AvgIpc) is 2.76. The van der Waals surface area contributed by atoms with Crippen LogP contribution in [0.4, 0.5) is 13.2 Å². The second-order valence-electron chi connectivity index (χ2n) is 8.21. The number of aliphatic imine (C=N–C) groups is 1. The average molecular weight is 571 g/mol. The molecule has 1 atom stereocenters. The Balaban J connectivity index is 0.00000512. The zero-order valence-corrected chi connectivity index (χ0v) is 21.3. The SMILES string of the molecule is CCCC(CCO)CNC(=NCC1(c2cccc(C(F)(F)F)c2)CCOCC1)NCC.I. The number of nitrogens with zero attached hydrogens (tertiary/aromatic N) is 1. The standard InChI is InChI=1S/C23H36F3N3O2.HI/c1-3-6-18(9-12-30)16-28-21(27-4-2)29-17-22(10-13-31-14-11-22)19-7-5-8-20(15-19)23(24,25)26;/h5,7-8,15,18,30H,3-4,6,9-14,16-17H2,1-2H3,(H2,27,28,29);1H. The van der Waals surface area contributed by atoms with Gasteiger partial charge in [-0.15, -0.1) is 24.0 Å². The molecule has 1 aliphatic rings. The summed E-state index contributed by atoms with van der Waals surface area (Å²) < 4.78 is 45.4. The van der Waals surface area contributed by atoms with E-state index in [4.69, 9.17) is 9.73 Å². The van der Waals surface area contributed by atoms with Gasteiger partial charge in [-0.2, -0.15) is 13.2 Å². The molecule has 9 heteroatoms. The molecule has 0 bridgehead atoms.